The second-order valence-corrected chi connectivity index (χ2v) is 7.09. The number of hydrogen-bond donors (Lipinski definition) is 1. The Balaban J connectivity index is 1.77. The summed E-state index contributed by atoms with van der Waals surface area (Å²) in [6.45, 7) is 4.53. The molecule has 1 aliphatic rings. The number of nitrogens with zero attached hydrogens (tertiary/aromatic N) is 2. The summed E-state index contributed by atoms with van der Waals surface area (Å²) >= 11 is 6.05. The van der Waals surface area contributed by atoms with E-state index in [2.05, 4.69) is 35.3 Å². The smallest absolute Gasteiger partial charge is 0.224 e. The van der Waals surface area contributed by atoms with Crippen LogP contribution in [-0.2, 0) is 11.3 Å². The highest BCUT2D eigenvalue weighted by Crippen LogP contribution is 2.20. The molecule has 0 saturated carbocycles. The van der Waals surface area contributed by atoms with Gasteiger partial charge >= 0.3 is 0 Å². The van der Waals surface area contributed by atoms with E-state index in [0.717, 1.165) is 57.0 Å². The number of nitrogens with one attached hydrogen (secondary N) is 1. The van der Waals surface area contributed by atoms with E-state index in [1.165, 1.54) is 5.56 Å². The van der Waals surface area contributed by atoms with Crippen molar-refractivity contribution in [3.05, 3.63) is 34.9 Å². The fourth-order valence-corrected chi connectivity index (χ4v) is 3.27. The molecule has 0 radical (unpaired) electrons. The quantitative estimate of drug-likeness (QED) is 0.777. The summed E-state index contributed by atoms with van der Waals surface area (Å²) in [6, 6.07) is 7.98. The third kappa shape index (κ3) is 6.50. The van der Waals surface area contributed by atoms with E-state index >= 15 is 0 Å². The molecule has 128 valence electrons. The van der Waals surface area contributed by atoms with Crippen molar-refractivity contribution in [1.82, 2.24) is 15.1 Å². The van der Waals surface area contributed by atoms with Crippen LogP contribution in [0.4, 0.5) is 0 Å². The standard InChI is InChI=1S/C18H28ClN3O/c1-21(2)10-5-9-20-18(23)16-7-4-11-22(14-16)13-15-6-3-8-17(19)12-15/h3,6,8,12,16H,4-5,7,9-11,13-14H2,1-2H3,(H,20,23). The molecule has 2 rings (SSSR count). The van der Waals surface area contributed by atoms with E-state index in [9.17, 15) is 4.79 Å². The number of carbonyl (C=O) groups excluding carboxylic acids is 1. The maximum absolute atomic E-state index is 12.3. The molecular formula is C18H28ClN3O. The molecule has 1 atom stereocenters. The van der Waals surface area contributed by atoms with Crippen LogP contribution in [-0.4, -0.2) is 56.0 Å². The molecule has 1 aromatic carbocycles. The second-order valence-electron chi connectivity index (χ2n) is 6.65. The fraction of sp³-hybridized carbons (Fsp3) is 0.611. The fourth-order valence-electron chi connectivity index (χ4n) is 3.06. The van der Waals surface area contributed by atoms with E-state index < -0.39 is 0 Å². The number of amides is 1. The van der Waals surface area contributed by atoms with Gasteiger partial charge in [-0.1, -0.05) is 23.7 Å². The third-order valence-corrected chi connectivity index (χ3v) is 4.49. The predicted molar refractivity (Wildman–Crippen MR) is 95.6 cm³/mol. The molecule has 1 N–H and O–H groups in total. The van der Waals surface area contributed by atoms with E-state index in [4.69, 9.17) is 11.6 Å². The van der Waals surface area contributed by atoms with Crippen molar-refractivity contribution < 1.29 is 4.79 Å². The Labute approximate surface area is 144 Å². The van der Waals surface area contributed by atoms with E-state index in [-0.39, 0.29) is 11.8 Å². The normalized spacial score (nSPS) is 19.0. The van der Waals surface area contributed by atoms with Gasteiger partial charge in [-0.05, 0) is 64.1 Å². The summed E-state index contributed by atoms with van der Waals surface area (Å²) in [5.41, 5.74) is 1.21. The first-order valence-corrected chi connectivity index (χ1v) is 8.81. The summed E-state index contributed by atoms with van der Waals surface area (Å²) in [6.07, 6.45) is 3.07. The van der Waals surface area contributed by atoms with Crippen LogP contribution in [0.25, 0.3) is 0 Å². The minimum absolute atomic E-state index is 0.113. The molecule has 1 aromatic rings. The molecule has 0 aromatic heterocycles. The first-order chi connectivity index (χ1) is 11.0. The Bertz CT molecular complexity index is 507. The highest BCUT2D eigenvalue weighted by atomic mass is 35.5. The van der Waals surface area contributed by atoms with Gasteiger partial charge in [-0.25, -0.2) is 0 Å². The van der Waals surface area contributed by atoms with Gasteiger partial charge in [0.15, 0.2) is 0 Å². The van der Waals surface area contributed by atoms with Gasteiger partial charge in [0, 0.05) is 24.7 Å². The monoisotopic (exact) mass is 337 g/mol. The van der Waals surface area contributed by atoms with Gasteiger partial charge in [-0.3, -0.25) is 9.69 Å². The summed E-state index contributed by atoms with van der Waals surface area (Å²) < 4.78 is 0. The molecule has 0 bridgehead atoms. The molecule has 0 spiro atoms. The number of benzene rings is 1. The third-order valence-electron chi connectivity index (χ3n) is 4.25. The summed E-state index contributed by atoms with van der Waals surface area (Å²) in [7, 11) is 4.10. The predicted octanol–water partition coefficient (Wildman–Crippen LogP) is 2.62. The van der Waals surface area contributed by atoms with Crippen LogP contribution in [0.3, 0.4) is 0 Å². The van der Waals surface area contributed by atoms with Crippen molar-refractivity contribution in [1.29, 1.82) is 0 Å². The molecule has 0 aliphatic carbocycles. The number of halogens is 1. The van der Waals surface area contributed by atoms with E-state index in [1.807, 2.05) is 18.2 Å². The van der Waals surface area contributed by atoms with Crippen molar-refractivity contribution in [3.63, 3.8) is 0 Å². The van der Waals surface area contributed by atoms with Crippen molar-refractivity contribution >= 4 is 17.5 Å². The molecule has 1 aliphatic heterocycles. The summed E-state index contributed by atoms with van der Waals surface area (Å²) in [5, 5.41) is 3.86. The molecule has 4 nitrogen and oxygen atoms in total. The molecular weight excluding hydrogens is 310 g/mol. The highest BCUT2D eigenvalue weighted by molar-refractivity contribution is 6.30. The Morgan fingerprint density at radius 2 is 2.26 bits per heavy atom. The second kappa shape index (κ2) is 9.26. The van der Waals surface area contributed by atoms with Crippen molar-refractivity contribution in [2.24, 2.45) is 5.92 Å². The Morgan fingerprint density at radius 1 is 1.43 bits per heavy atom. The van der Waals surface area contributed by atoms with E-state index in [1.54, 1.807) is 0 Å². The van der Waals surface area contributed by atoms with Gasteiger partial charge in [0.1, 0.15) is 0 Å². The Kier molecular flexibility index (Phi) is 7.34. The van der Waals surface area contributed by atoms with Crippen molar-refractivity contribution in [3.8, 4) is 0 Å². The van der Waals surface area contributed by atoms with Crippen LogP contribution in [0.2, 0.25) is 5.02 Å². The maximum atomic E-state index is 12.3. The van der Waals surface area contributed by atoms with Gasteiger partial charge in [0.2, 0.25) is 5.91 Å². The molecule has 1 fully saturated rings. The largest absolute Gasteiger partial charge is 0.356 e. The average molecular weight is 338 g/mol. The Morgan fingerprint density at radius 3 is 3.00 bits per heavy atom. The number of rotatable bonds is 7. The van der Waals surface area contributed by atoms with Crippen molar-refractivity contribution in [2.45, 2.75) is 25.8 Å². The van der Waals surface area contributed by atoms with Crippen LogP contribution in [0.15, 0.2) is 24.3 Å². The Hall–Kier alpha value is -1.10. The maximum Gasteiger partial charge on any atom is 0.224 e. The van der Waals surface area contributed by atoms with Gasteiger partial charge in [0.25, 0.3) is 0 Å². The SMILES string of the molecule is CN(C)CCCNC(=O)C1CCCN(Cc2cccc(Cl)c2)C1. The van der Waals surface area contributed by atoms with Crippen LogP contribution in [0.5, 0.6) is 0 Å². The summed E-state index contributed by atoms with van der Waals surface area (Å²) in [5.74, 6) is 0.321. The number of likely N-dealkylation sites (tertiary alicyclic amines) is 1. The zero-order chi connectivity index (χ0) is 16.7. The van der Waals surface area contributed by atoms with Gasteiger partial charge in [-0.15, -0.1) is 0 Å². The van der Waals surface area contributed by atoms with Crippen molar-refractivity contribution in [2.75, 3.05) is 40.3 Å². The first kappa shape index (κ1) is 18.2. The van der Waals surface area contributed by atoms with Gasteiger partial charge in [0.05, 0.1) is 5.92 Å². The zero-order valence-electron chi connectivity index (χ0n) is 14.2. The van der Waals surface area contributed by atoms with Crippen LogP contribution < -0.4 is 5.32 Å². The number of hydrogen-bond acceptors (Lipinski definition) is 3. The van der Waals surface area contributed by atoms with Gasteiger partial charge in [-0.2, -0.15) is 0 Å². The lowest BCUT2D eigenvalue weighted by molar-refractivity contribution is -0.126. The molecule has 1 heterocycles. The van der Waals surface area contributed by atoms with Crippen LogP contribution in [0, 0.1) is 5.92 Å². The molecule has 1 amide bonds. The minimum Gasteiger partial charge on any atom is -0.356 e. The lowest BCUT2D eigenvalue weighted by atomic mass is 9.96. The first-order valence-electron chi connectivity index (χ1n) is 8.44. The molecule has 1 unspecified atom stereocenters. The number of piperidine rings is 1. The molecule has 1 saturated heterocycles. The van der Waals surface area contributed by atoms with Gasteiger partial charge < -0.3 is 10.2 Å². The van der Waals surface area contributed by atoms with E-state index in [0.29, 0.717) is 0 Å². The molecule has 23 heavy (non-hydrogen) atoms. The lowest BCUT2D eigenvalue weighted by Crippen LogP contribution is -2.43. The highest BCUT2D eigenvalue weighted by Gasteiger charge is 2.25. The average Bonchev–Trinajstić information content (AvgIpc) is 2.51. The van der Waals surface area contributed by atoms with Crippen LogP contribution in [0.1, 0.15) is 24.8 Å². The zero-order valence-corrected chi connectivity index (χ0v) is 15.0. The lowest BCUT2D eigenvalue weighted by Gasteiger charge is -2.32. The topological polar surface area (TPSA) is 35.6 Å². The number of carbonyl (C=O) groups is 1. The summed E-state index contributed by atoms with van der Waals surface area (Å²) in [4.78, 5) is 16.8. The minimum atomic E-state index is 0.113. The van der Waals surface area contributed by atoms with Crippen LogP contribution >= 0.6 is 11.6 Å². The molecule has 5 heteroatoms.